The molecule has 1 aromatic heterocycles. The Morgan fingerprint density at radius 1 is 1.13 bits per heavy atom. The van der Waals surface area contributed by atoms with Crippen LogP contribution in [0.25, 0.3) is 11.3 Å². The lowest BCUT2D eigenvalue weighted by Gasteiger charge is -2.35. The van der Waals surface area contributed by atoms with Gasteiger partial charge in [0.05, 0.1) is 5.69 Å². The van der Waals surface area contributed by atoms with Gasteiger partial charge in [-0.15, -0.1) is 0 Å². The average molecular weight is 378 g/mol. The average Bonchev–Trinajstić information content (AvgIpc) is 2.56. The molecule has 2 heterocycles. The molecule has 122 valence electrons. The van der Waals surface area contributed by atoms with Gasteiger partial charge in [0.2, 0.25) is 0 Å². The molecule has 1 aliphatic heterocycles. The monoisotopic (exact) mass is 377 g/mol. The number of rotatable bonds is 3. The van der Waals surface area contributed by atoms with E-state index < -0.39 is 0 Å². The molecule has 1 aliphatic rings. The van der Waals surface area contributed by atoms with Crippen LogP contribution in [0.2, 0.25) is 0 Å². The van der Waals surface area contributed by atoms with Crippen LogP contribution in [0.15, 0.2) is 34.8 Å². The summed E-state index contributed by atoms with van der Waals surface area (Å²) in [5.74, 6) is 0.687. The van der Waals surface area contributed by atoms with Crippen LogP contribution in [0.1, 0.15) is 12.5 Å². The molecule has 0 amide bonds. The van der Waals surface area contributed by atoms with Gasteiger partial charge < -0.3 is 9.80 Å². The third-order valence-corrected chi connectivity index (χ3v) is 4.91. The highest BCUT2D eigenvalue weighted by Crippen LogP contribution is 2.28. The fraction of sp³-hybridized carbons (Fsp3) is 0.389. The number of halogens is 2. The van der Waals surface area contributed by atoms with E-state index in [0.29, 0.717) is 5.56 Å². The van der Waals surface area contributed by atoms with Crippen molar-refractivity contribution in [2.24, 2.45) is 0 Å². The molecule has 0 atom stereocenters. The summed E-state index contributed by atoms with van der Waals surface area (Å²) >= 11 is 3.30. The zero-order chi connectivity index (χ0) is 16.4. The third-order valence-electron chi connectivity index (χ3n) is 4.41. The molecule has 3 rings (SSSR count). The van der Waals surface area contributed by atoms with Gasteiger partial charge in [-0.1, -0.05) is 28.9 Å². The van der Waals surface area contributed by atoms with Gasteiger partial charge in [-0.25, -0.2) is 9.37 Å². The highest BCUT2D eigenvalue weighted by molar-refractivity contribution is 9.10. The van der Waals surface area contributed by atoms with Gasteiger partial charge in [-0.05, 0) is 43.3 Å². The molecule has 5 heteroatoms. The van der Waals surface area contributed by atoms with Crippen molar-refractivity contribution < 1.29 is 4.39 Å². The second kappa shape index (κ2) is 6.97. The molecule has 0 N–H and O–H groups in total. The number of aryl methyl sites for hydroxylation is 1. The van der Waals surface area contributed by atoms with Gasteiger partial charge in [0.25, 0.3) is 0 Å². The molecule has 3 nitrogen and oxygen atoms in total. The van der Waals surface area contributed by atoms with Crippen molar-refractivity contribution in [1.29, 1.82) is 0 Å². The van der Waals surface area contributed by atoms with E-state index in [-0.39, 0.29) is 5.82 Å². The Morgan fingerprint density at radius 3 is 2.52 bits per heavy atom. The van der Waals surface area contributed by atoms with E-state index in [0.717, 1.165) is 54.3 Å². The molecule has 0 saturated carbocycles. The quantitative estimate of drug-likeness (QED) is 0.802. The highest BCUT2D eigenvalue weighted by Gasteiger charge is 2.18. The zero-order valence-corrected chi connectivity index (χ0v) is 15.1. The molecule has 0 bridgehead atoms. The van der Waals surface area contributed by atoms with Crippen molar-refractivity contribution in [2.45, 2.75) is 13.8 Å². The Kier molecular flexibility index (Phi) is 4.97. The minimum atomic E-state index is -0.247. The van der Waals surface area contributed by atoms with Gasteiger partial charge in [-0.3, -0.25) is 0 Å². The Morgan fingerprint density at radius 2 is 1.87 bits per heavy atom. The lowest BCUT2D eigenvalue weighted by atomic mass is 10.1. The van der Waals surface area contributed by atoms with Crippen LogP contribution < -0.4 is 4.90 Å². The van der Waals surface area contributed by atoms with Crippen LogP contribution in [-0.4, -0.2) is 42.6 Å². The predicted molar refractivity (Wildman–Crippen MR) is 96.4 cm³/mol. The standard InChI is InChI=1S/C18H21BrFN3/c1-3-22-8-10-23(11-9-22)17-7-4-13(2)18(21-17)15-6-5-14(19)12-16(15)20/h4-7,12H,3,8-11H2,1-2H3. The molecule has 1 saturated heterocycles. The summed E-state index contributed by atoms with van der Waals surface area (Å²) in [5.41, 5.74) is 2.27. The fourth-order valence-electron chi connectivity index (χ4n) is 2.94. The minimum Gasteiger partial charge on any atom is -0.354 e. The number of hydrogen-bond acceptors (Lipinski definition) is 3. The van der Waals surface area contributed by atoms with Crippen LogP contribution in [0.5, 0.6) is 0 Å². The molecule has 0 radical (unpaired) electrons. The number of benzene rings is 1. The van der Waals surface area contributed by atoms with E-state index in [9.17, 15) is 4.39 Å². The summed E-state index contributed by atoms with van der Waals surface area (Å²) in [7, 11) is 0. The van der Waals surface area contributed by atoms with E-state index in [2.05, 4.69) is 32.7 Å². The molecule has 2 aromatic rings. The summed E-state index contributed by atoms with van der Waals surface area (Å²) in [5, 5.41) is 0. The summed E-state index contributed by atoms with van der Waals surface area (Å²) in [6, 6.07) is 9.20. The lowest BCUT2D eigenvalue weighted by Crippen LogP contribution is -2.46. The first kappa shape index (κ1) is 16.4. The van der Waals surface area contributed by atoms with Gasteiger partial charge >= 0.3 is 0 Å². The number of pyridine rings is 1. The van der Waals surface area contributed by atoms with E-state index >= 15 is 0 Å². The van der Waals surface area contributed by atoms with Crippen molar-refractivity contribution in [3.05, 3.63) is 46.2 Å². The van der Waals surface area contributed by atoms with Crippen LogP contribution >= 0.6 is 15.9 Å². The second-order valence-corrected chi connectivity index (χ2v) is 6.80. The van der Waals surface area contributed by atoms with Crippen molar-refractivity contribution >= 4 is 21.7 Å². The van der Waals surface area contributed by atoms with E-state index in [1.165, 1.54) is 6.07 Å². The van der Waals surface area contributed by atoms with Gasteiger partial charge in [-0.2, -0.15) is 0 Å². The number of piperazine rings is 1. The summed E-state index contributed by atoms with van der Waals surface area (Å²) in [6.45, 7) is 9.28. The maximum absolute atomic E-state index is 14.3. The fourth-order valence-corrected chi connectivity index (χ4v) is 3.28. The second-order valence-electron chi connectivity index (χ2n) is 5.88. The summed E-state index contributed by atoms with van der Waals surface area (Å²) in [4.78, 5) is 9.47. The Bertz CT molecular complexity index is 697. The van der Waals surface area contributed by atoms with Crippen LogP contribution in [-0.2, 0) is 0 Å². The molecular formula is C18H21BrFN3. The van der Waals surface area contributed by atoms with Crippen molar-refractivity contribution in [3.63, 3.8) is 0 Å². The SMILES string of the molecule is CCN1CCN(c2ccc(C)c(-c3ccc(Br)cc3F)n2)CC1. The van der Waals surface area contributed by atoms with E-state index in [1.807, 2.05) is 25.1 Å². The molecule has 0 unspecified atom stereocenters. The van der Waals surface area contributed by atoms with Gasteiger partial charge in [0.15, 0.2) is 0 Å². The lowest BCUT2D eigenvalue weighted by molar-refractivity contribution is 0.270. The first-order valence-electron chi connectivity index (χ1n) is 7.99. The Labute approximate surface area is 145 Å². The third kappa shape index (κ3) is 3.56. The molecule has 1 aromatic carbocycles. The molecular weight excluding hydrogens is 357 g/mol. The van der Waals surface area contributed by atoms with E-state index in [4.69, 9.17) is 4.98 Å². The van der Waals surface area contributed by atoms with Crippen molar-refractivity contribution in [3.8, 4) is 11.3 Å². The topological polar surface area (TPSA) is 19.4 Å². The van der Waals surface area contributed by atoms with Crippen molar-refractivity contribution in [2.75, 3.05) is 37.6 Å². The number of anilines is 1. The van der Waals surface area contributed by atoms with Crippen LogP contribution in [0, 0.1) is 12.7 Å². The maximum Gasteiger partial charge on any atom is 0.133 e. The summed E-state index contributed by atoms with van der Waals surface area (Å²) in [6.07, 6.45) is 0. The normalized spacial score (nSPS) is 15.9. The molecule has 23 heavy (non-hydrogen) atoms. The number of aromatic nitrogens is 1. The first-order valence-corrected chi connectivity index (χ1v) is 8.78. The Hall–Kier alpha value is -1.46. The molecule has 0 spiro atoms. The smallest absolute Gasteiger partial charge is 0.133 e. The number of likely N-dealkylation sites (N-methyl/N-ethyl adjacent to an activating group) is 1. The van der Waals surface area contributed by atoms with E-state index in [1.54, 1.807) is 6.07 Å². The maximum atomic E-state index is 14.3. The van der Waals surface area contributed by atoms with Crippen LogP contribution in [0.4, 0.5) is 10.2 Å². The van der Waals surface area contributed by atoms with Crippen LogP contribution in [0.3, 0.4) is 0 Å². The highest BCUT2D eigenvalue weighted by atomic mass is 79.9. The van der Waals surface area contributed by atoms with Crippen molar-refractivity contribution in [1.82, 2.24) is 9.88 Å². The number of hydrogen-bond donors (Lipinski definition) is 0. The minimum absolute atomic E-state index is 0.247. The first-order chi connectivity index (χ1) is 11.1. The van der Waals surface area contributed by atoms with Gasteiger partial charge in [0.1, 0.15) is 11.6 Å². The predicted octanol–water partition coefficient (Wildman–Crippen LogP) is 4.10. The van der Waals surface area contributed by atoms with Gasteiger partial charge in [0, 0.05) is 36.2 Å². The summed E-state index contributed by atoms with van der Waals surface area (Å²) < 4.78 is 15.0. The largest absolute Gasteiger partial charge is 0.354 e. The zero-order valence-electron chi connectivity index (χ0n) is 13.5. The molecule has 0 aliphatic carbocycles. The Balaban J connectivity index is 1.90. The number of nitrogens with zero attached hydrogens (tertiary/aromatic N) is 3. The molecule has 1 fully saturated rings.